The minimum atomic E-state index is -2.26. The Kier molecular flexibility index (Phi) is 3.34. The molecule has 2 unspecified atom stereocenters. The van der Waals surface area contributed by atoms with Crippen LogP contribution in [0.15, 0.2) is 24.3 Å². The molecule has 15 heavy (non-hydrogen) atoms. The highest BCUT2D eigenvalue weighted by molar-refractivity contribution is 6.31. The monoisotopic (exact) mass is 230 g/mol. The first-order valence-electron chi connectivity index (χ1n) is 4.25. The van der Waals surface area contributed by atoms with Crippen molar-refractivity contribution in [2.45, 2.75) is 18.6 Å². The van der Waals surface area contributed by atoms with E-state index in [1.807, 2.05) is 0 Å². The molecule has 0 fully saturated rings. The summed E-state index contributed by atoms with van der Waals surface area (Å²) in [6.45, 7) is 1.02. The van der Waals surface area contributed by atoms with Crippen molar-refractivity contribution in [2.24, 2.45) is 0 Å². The number of hydrogen-bond donors (Lipinski definition) is 3. The Morgan fingerprint density at radius 2 is 2.00 bits per heavy atom. The van der Waals surface area contributed by atoms with Gasteiger partial charge in [0.1, 0.15) is 6.10 Å². The van der Waals surface area contributed by atoms with Crippen LogP contribution in [0.25, 0.3) is 0 Å². The van der Waals surface area contributed by atoms with E-state index in [0.29, 0.717) is 0 Å². The van der Waals surface area contributed by atoms with E-state index in [0.717, 1.165) is 6.92 Å². The molecular weight excluding hydrogens is 220 g/mol. The lowest BCUT2D eigenvalue weighted by Gasteiger charge is -2.25. The van der Waals surface area contributed by atoms with Gasteiger partial charge in [-0.3, -0.25) is 0 Å². The number of hydrogen-bond acceptors (Lipinski definition) is 3. The molecule has 0 aliphatic heterocycles. The molecule has 0 aliphatic rings. The summed E-state index contributed by atoms with van der Waals surface area (Å²) in [5.74, 6) is -1.50. The van der Waals surface area contributed by atoms with Crippen molar-refractivity contribution in [1.82, 2.24) is 0 Å². The second-order valence-electron chi connectivity index (χ2n) is 3.38. The molecule has 1 aromatic rings. The summed E-state index contributed by atoms with van der Waals surface area (Å²) in [5, 5.41) is 28.1. The summed E-state index contributed by atoms with van der Waals surface area (Å²) in [4.78, 5) is 10.7. The summed E-state index contributed by atoms with van der Waals surface area (Å²) in [6.07, 6.45) is -1.57. The Morgan fingerprint density at radius 3 is 2.47 bits per heavy atom. The molecule has 82 valence electrons. The van der Waals surface area contributed by atoms with Crippen molar-refractivity contribution in [1.29, 1.82) is 0 Å². The first kappa shape index (κ1) is 12.0. The van der Waals surface area contributed by atoms with Crippen LogP contribution >= 0.6 is 11.6 Å². The average Bonchev–Trinajstić information content (AvgIpc) is 2.17. The number of carboxylic acid groups (broad SMARTS) is 1. The minimum absolute atomic E-state index is 0.187. The van der Waals surface area contributed by atoms with Crippen LogP contribution in [0.5, 0.6) is 0 Å². The van der Waals surface area contributed by atoms with Crippen LogP contribution in [0, 0.1) is 0 Å². The van der Waals surface area contributed by atoms with Gasteiger partial charge in [0.25, 0.3) is 0 Å². The fourth-order valence-corrected chi connectivity index (χ4v) is 1.36. The molecule has 0 saturated heterocycles. The molecule has 4 nitrogen and oxygen atoms in total. The zero-order valence-electron chi connectivity index (χ0n) is 8.01. The predicted octanol–water partition coefficient (Wildman–Crippen LogP) is 1.21. The molecule has 0 heterocycles. The molecule has 0 aromatic heterocycles. The van der Waals surface area contributed by atoms with E-state index in [9.17, 15) is 15.0 Å². The lowest BCUT2D eigenvalue weighted by atomic mass is 9.93. The standard InChI is InChI=1S/C10H11ClO4/c1-10(15,9(13)14)8(12)6-4-2-3-5-7(6)11/h2-5,8,12,15H,1H3,(H,13,14). The zero-order valence-corrected chi connectivity index (χ0v) is 8.77. The lowest BCUT2D eigenvalue weighted by Crippen LogP contribution is -2.41. The van der Waals surface area contributed by atoms with Crippen molar-refractivity contribution >= 4 is 17.6 Å². The highest BCUT2D eigenvalue weighted by atomic mass is 35.5. The van der Waals surface area contributed by atoms with Crippen LogP contribution in [-0.4, -0.2) is 26.9 Å². The molecule has 2 atom stereocenters. The first-order valence-corrected chi connectivity index (χ1v) is 4.63. The van der Waals surface area contributed by atoms with Crippen molar-refractivity contribution in [3.63, 3.8) is 0 Å². The number of aliphatic hydroxyl groups is 2. The van der Waals surface area contributed by atoms with E-state index in [1.54, 1.807) is 12.1 Å². The van der Waals surface area contributed by atoms with Gasteiger partial charge in [-0.15, -0.1) is 0 Å². The van der Waals surface area contributed by atoms with Crippen LogP contribution in [0.3, 0.4) is 0 Å². The van der Waals surface area contributed by atoms with E-state index < -0.39 is 17.7 Å². The minimum Gasteiger partial charge on any atom is -0.479 e. The number of rotatable bonds is 3. The molecule has 5 heteroatoms. The van der Waals surface area contributed by atoms with Crippen LogP contribution in [0.4, 0.5) is 0 Å². The Balaban J connectivity index is 3.10. The van der Waals surface area contributed by atoms with Gasteiger partial charge in [-0.2, -0.15) is 0 Å². The predicted molar refractivity (Wildman–Crippen MR) is 54.7 cm³/mol. The number of halogens is 1. The molecule has 0 radical (unpaired) electrons. The van der Waals surface area contributed by atoms with Crippen LogP contribution in [0.1, 0.15) is 18.6 Å². The Bertz CT molecular complexity index is 375. The highest BCUT2D eigenvalue weighted by Crippen LogP contribution is 2.30. The molecule has 0 spiro atoms. The summed E-state index contributed by atoms with van der Waals surface area (Å²) in [6, 6.07) is 6.22. The Hall–Kier alpha value is -1.10. The van der Waals surface area contributed by atoms with Gasteiger partial charge in [0.05, 0.1) is 0 Å². The van der Waals surface area contributed by atoms with E-state index in [4.69, 9.17) is 16.7 Å². The molecular formula is C10H11ClO4. The smallest absolute Gasteiger partial charge is 0.338 e. The molecule has 3 N–H and O–H groups in total. The molecule has 1 aromatic carbocycles. The van der Waals surface area contributed by atoms with E-state index in [-0.39, 0.29) is 10.6 Å². The van der Waals surface area contributed by atoms with Gasteiger partial charge in [0.15, 0.2) is 5.60 Å². The van der Waals surface area contributed by atoms with Gasteiger partial charge in [0.2, 0.25) is 0 Å². The van der Waals surface area contributed by atoms with Gasteiger partial charge in [-0.25, -0.2) is 4.79 Å². The maximum absolute atomic E-state index is 10.7. The number of aliphatic hydroxyl groups excluding tert-OH is 1. The number of aliphatic carboxylic acids is 1. The van der Waals surface area contributed by atoms with E-state index >= 15 is 0 Å². The van der Waals surface area contributed by atoms with Crippen molar-refractivity contribution in [2.75, 3.05) is 0 Å². The SMILES string of the molecule is CC(O)(C(=O)O)C(O)c1ccccc1Cl. The van der Waals surface area contributed by atoms with Crippen molar-refractivity contribution < 1.29 is 20.1 Å². The van der Waals surface area contributed by atoms with Gasteiger partial charge >= 0.3 is 5.97 Å². The van der Waals surface area contributed by atoms with Crippen molar-refractivity contribution in [3.05, 3.63) is 34.9 Å². The zero-order chi connectivity index (χ0) is 11.6. The maximum atomic E-state index is 10.7. The number of benzene rings is 1. The second-order valence-corrected chi connectivity index (χ2v) is 3.78. The lowest BCUT2D eigenvalue weighted by molar-refractivity contribution is -0.169. The van der Waals surface area contributed by atoms with Crippen LogP contribution < -0.4 is 0 Å². The molecule has 0 aliphatic carbocycles. The Labute approximate surface area is 91.7 Å². The molecule has 0 bridgehead atoms. The molecule has 1 rings (SSSR count). The number of carbonyl (C=O) groups is 1. The van der Waals surface area contributed by atoms with Gasteiger partial charge < -0.3 is 15.3 Å². The van der Waals surface area contributed by atoms with Gasteiger partial charge in [-0.1, -0.05) is 29.8 Å². The third kappa shape index (κ3) is 2.28. The largest absolute Gasteiger partial charge is 0.479 e. The average molecular weight is 231 g/mol. The van der Waals surface area contributed by atoms with E-state index in [2.05, 4.69) is 0 Å². The molecule has 0 amide bonds. The third-order valence-electron chi connectivity index (χ3n) is 2.17. The molecule has 0 saturated carbocycles. The third-order valence-corrected chi connectivity index (χ3v) is 2.51. The highest BCUT2D eigenvalue weighted by Gasteiger charge is 2.40. The first-order chi connectivity index (χ1) is 6.87. The van der Waals surface area contributed by atoms with Crippen LogP contribution in [-0.2, 0) is 4.79 Å². The maximum Gasteiger partial charge on any atom is 0.338 e. The quantitative estimate of drug-likeness (QED) is 0.729. The topological polar surface area (TPSA) is 77.8 Å². The van der Waals surface area contributed by atoms with Crippen LogP contribution in [0.2, 0.25) is 5.02 Å². The van der Waals surface area contributed by atoms with E-state index in [1.165, 1.54) is 12.1 Å². The Morgan fingerprint density at radius 1 is 1.47 bits per heavy atom. The fraction of sp³-hybridized carbons (Fsp3) is 0.300. The summed E-state index contributed by atoms with van der Waals surface area (Å²) in [5.41, 5.74) is -2.07. The van der Waals surface area contributed by atoms with Crippen molar-refractivity contribution in [3.8, 4) is 0 Å². The fourth-order valence-electron chi connectivity index (χ4n) is 1.12. The summed E-state index contributed by atoms with van der Waals surface area (Å²) >= 11 is 5.77. The normalized spacial score (nSPS) is 16.8. The summed E-state index contributed by atoms with van der Waals surface area (Å²) in [7, 11) is 0. The summed E-state index contributed by atoms with van der Waals surface area (Å²) < 4.78 is 0. The van der Waals surface area contributed by atoms with Gasteiger partial charge in [0, 0.05) is 10.6 Å². The second kappa shape index (κ2) is 4.18. The van der Waals surface area contributed by atoms with Gasteiger partial charge in [-0.05, 0) is 13.0 Å². The number of carboxylic acids is 1.